The van der Waals surface area contributed by atoms with E-state index in [2.05, 4.69) is 15.4 Å². The Balaban J connectivity index is 1.57. The number of carbonyl (C=O) groups excluding carboxylic acids is 1. The van der Waals surface area contributed by atoms with Gasteiger partial charge in [-0.3, -0.25) is 14.5 Å². The first kappa shape index (κ1) is 15.5. The Bertz CT molecular complexity index is 685. The van der Waals surface area contributed by atoms with Crippen molar-refractivity contribution < 1.29 is 14.3 Å². The zero-order valence-corrected chi connectivity index (χ0v) is 13.2. The Labute approximate surface area is 134 Å². The summed E-state index contributed by atoms with van der Waals surface area (Å²) in [6.07, 6.45) is 5.25. The van der Waals surface area contributed by atoms with Gasteiger partial charge in [-0.1, -0.05) is 6.07 Å². The van der Waals surface area contributed by atoms with Gasteiger partial charge < -0.3 is 14.8 Å². The molecule has 7 nitrogen and oxygen atoms in total. The summed E-state index contributed by atoms with van der Waals surface area (Å²) in [6, 6.07) is 3.58. The molecule has 1 amide bonds. The number of pyridine rings is 1. The minimum atomic E-state index is -0.210. The van der Waals surface area contributed by atoms with E-state index >= 15 is 0 Å². The first-order valence-corrected chi connectivity index (χ1v) is 7.55. The van der Waals surface area contributed by atoms with Gasteiger partial charge in [0.05, 0.1) is 38.1 Å². The minimum Gasteiger partial charge on any atom is -0.482 e. The monoisotopic (exact) mass is 316 g/mol. The van der Waals surface area contributed by atoms with Crippen molar-refractivity contribution in [2.24, 2.45) is 7.05 Å². The van der Waals surface area contributed by atoms with Crippen molar-refractivity contribution in [3.63, 3.8) is 0 Å². The predicted molar refractivity (Wildman–Crippen MR) is 83.1 cm³/mol. The summed E-state index contributed by atoms with van der Waals surface area (Å²) < 4.78 is 13.0. The highest BCUT2D eigenvalue weighted by atomic mass is 16.5. The van der Waals surface area contributed by atoms with Crippen LogP contribution in [0.15, 0.2) is 30.7 Å². The van der Waals surface area contributed by atoms with Crippen LogP contribution in [0, 0.1) is 6.92 Å². The molecule has 1 saturated heterocycles. The van der Waals surface area contributed by atoms with Crippen molar-refractivity contribution in [2.45, 2.75) is 25.5 Å². The van der Waals surface area contributed by atoms with Gasteiger partial charge in [0.1, 0.15) is 6.10 Å². The van der Waals surface area contributed by atoms with Crippen molar-refractivity contribution in [3.8, 4) is 5.75 Å². The number of nitrogens with one attached hydrogen (secondary N) is 1. The lowest BCUT2D eigenvalue weighted by atomic mass is 10.1. The Morgan fingerprint density at radius 3 is 3.13 bits per heavy atom. The van der Waals surface area contributed by atoms with E-state index in [-0.39, 0.29) is 18.1 Å². The van der Waals surface area contributed by atoms with Crippen LogP contribution in [-0.2, 0) is 23.0 Å². The van der Waals surface area contributed by atoms with Crippen LogP contribution >= 0.6 is 0 Å². The number of aromatic nitrogens is 3. The molecule has 23 heavy (non-hydrogen) atoms. The average Bonchev–Trinajstić information content (AvgIpc) is 3.11. The van der Waals surface area contributed by atoms with Crippen LogP contribution in [0.3, 0.4) is 0 Å². The third-order valence-corrected chi connectivity index (χ3v) is 3.81. The van der Waals surface area contributed by atoms with Crippen LogP contribution in [-0.4, -0.2) is 46.0 Å². The van der Waals surface area contributed by atoms with Gasteiger partial charge in [-0.2, -0.15) is 5.10 Å². The molecule has 7 heteroatoms. The van der Waals surface area contributed by atoms with E-state index in [1.54, 1.807) is 23.3 Å². The van der Waals surface area contributed by atoms with Gasteiger partial charge in [0.2, 0.25) is 5.91 Å². The molecule has 2 aromatic heterocycles. The summed E-state index contributed by atoms with van der Waals surface area (Å²) in [5, 5.41) is 7.05. The van der Waals surface area contributed by atoms with E-state index in [4.69, 9.17) is 9.47 Å². The predicted octanol–water partition coefficient (Wildman–Crippen LogP) is 0.629. The fourth-order valence-corrected chi connectivity index (χ4v) is 2.56. The van der Waals surface area contributed by atoms with Gasteiger partial charge in [-0.05, 0) is 18.6 Å². The van der Waals surface area contributed by atoms with Crippen LogP contribution in [0.2, 0.25) is 0 Å². The van der Waals surface area contributed by atoms with Crippen LogP contribution in [0.25, 0.3) is 0 Å². The first-order valence-electron chi connectivity index (χ1n) is 7.55. The molecular weight excluding hydrogens is 296 g/mol. The van der Waals surface area contributed by atoms with Crippen LogP contribution < -0.4 is 10.1 Å². The van der Waals surface area contributed by atoms with Crippen molar-refractivity contribution in [1.82, 2.24) is 20.1 Å². The molecule has 0 aliphatic carbocycles. The van der Waals surface area contributed by atoms with Crippen LogP contribution in [0.1, 0.15) is 11.3 Å². The zero-order valence-electron chi connectivity index (χ0n) is 13.2. The number of nitrogens with zero attached hydrogens (tertiary/aromatic N) is 3. The molecule has 0 saturated carbocycles. The Morgan fingerprint density at radius 2 is 2.39 bits per heavy atom. The van der Waals surface area contributed by atoms with E-state index in [0.29, 0.717) is 25.4 Å². The summed E-state index contributed by atoms with van der Waals surface area (Å²) in [4.78, 5) is 16.5. The SMILES string of the molecule is Cc1ncccc1CC(=O)N[C@H]1COC[C@H]1Oc1cnn(C)c1. The molecule has 0 bridgehead atoms. The molecule has 0 spiro atoms. The summed E-state index contributed by atoms with van der Waals surface area (Å²) in [5.41, 5.74) is 1.79. The first-order chi connectivity index (χ1) is 11.1. The molecule has 1 aliphatic heterocycles. The van der Waals surface area contributed by atoms with Gasteiger partial charge >= 0.3 is 0 Å². The fraction of sp³-hybridized carbons (Fsp3) is 0.438. The van der Waals surface area contributed by atoms with Crippen molar-refractivity contribution in [2.75, 3.05) is 13.2 Å². The second kappa shape index (κ2) is 6.78. The molecule has 0 aromatic carbocycles. The quantitative estimate of drug-likeness (QED) is 0.875. The third kappa shape index (κ3) is 3.87. The second-order valence-corrected chi connectivity index (χ2v) is 5.64. The van der Waals surface area contributed by atoms with E-state index in [9.17, 15) is 4.79 Å². The van der Waals surface area contributed by atoms with Crippen LogP contribution in [0.4, 0.5) is 0 Å². The van der Waals surface area contributed by atoms with Gasteiger partial charge in [-0.15, -0.1) is 0 Å². The largest absolute Gasteiger partial charge is 0.482 e. The molecule has 3 heterocycles. The number of amides is 1. The molecule has 122 valence electrons. The topological polar surface area (TPSA) is 78.3 Å². The lowest BCUT2D eigenvalue weighted by Gasteiger charge is -2.19. The van der Waals surface area contributed by atoms with E-state index < -0.39 is 0 Å². The molecule has 0 unspecified atom stereocenters. The maximum Gasteiger partial charge on any atom is 0.224 e. The van der Waals surface area contributed by atoms with Gasteiger partial charge in [0.15, 0.2) is 5.75 Å². The molecule has 3 rings (SSSR count). The van der Waals surface area contributed by atoms with E-state index in [1.165, 1.54) is 0 Å². The molecule has 1 fully saturated rings. The molecule has 2 atom stereocenters. The Kier molecular flexibility index (Phi) is 4.57. The minimum absolute atomic E-state index is 0.0589. The molecule has 1 N–H and O–H groups in total. The maximum absolute atomic E-state index is 12.3. The van der Waals surface area contributed by atoms with Gasteiger partial charge in [0.25, 0.3) is 0 Å². The summed E-state index contributed by atoms with van der Waals surface area (Å²) >= 11 is 0. The van der Waals surface area contributed by atoms with Gasteiger partial charge in [-0.25, -0.2) is 0 Å². The lowest BCUT2D eigenvalue weighted by molar-refractivity contribution is -0.121. The number of rotatable bonds is 5. The molecule has 0 radical (unpaired) electrons. The Morgan fingerprint density at radius 1 is 1.52 bits per heavy atom. The van der Waals surface area contributed by atoms with Crippen molar-refractivity contribution >= 4 is 5.91 Å². The Hall–Kier alpha value is -2.41. The normalized spacial score (nSPS) is 20.4. The molecule has 1 aliphatic rings. The standard InChI is InChI=1S/C16H20N4O3/c1-11-12(4-3-5-17-11)6-16(21)19-14-9-22-10-15(14)23-13-7-18-20(2)8-13/h3-5,7-8,14-15H,6,9-10H2,1-2H3,(H,19,21)/t14-,15+/m0/s1. The van der Waals surface area contributed by atoms with Crippen LogP contribution in [0.5, 0.6) is 5.75 Å². The lowest BCUT2D eigenvalue weighted by Crippen LogP contribution is -2.45. The van der Waals surface area contributed by atoms with E-state index in [0.717, 1.165) is 11.3 Å². The van der Waals surface area contributed by atoms with E-state index in [1.807, 2.05) is 26.1 Å². The number of hydrogen-bond acceptors (Lipinski definition) is 5. The highest BCUT2D eigenvalue weighted by Gasteiger charge is 2.31. The average molecular weight is 316 g/mol. The number of hydrogen-bond donors (Lipinski definition) is 1. The molecule has 2 aromatic rings. The summed E-state index contributed by atoms with van der Waals surface area (Å²) in [7, 11) is 1.83. The number of aryl methyl sites for hydroxylation is 2. The third-order valence-electron chi connectivity index (χ3n) is 3.81. The molecular formula is C16H20N4O3. The maximum atomic E-state index is 12.3. The summed E-state index contributed by atoms with van der Waals surface area (Å²) in [5.74, 6) is 0.613. The van der Waals surface area contributed by atoms with Crippen molar-refractivity contribution in [3.05, 3.63) is 42.0 Å². The smallest absolute Gasteiger partial charge is 0.224 e. The number of carbonyl (C=O) groups is 1. The zero-order chi connectivity index (χ0) is 16.2. The highest BCUT2D eigenvalue weighted by molar-refractivity contribution is 5.79. The fourth-order valence-electron chi connectivity index (χ4n) is 2.56. The second-order valence-electron chi connectivity index (χ2n) is 5.64. The van der Waals surface area contributed by atoms with Crippen molar-refractivity contribution in [1.29, 1.82) is 0 Å². The summed E-state index contributed by atoms with van der Waals surface area (Å²) in [6.45, 7) is 2.80. The van der Waals surface area contributed by atoms with Gasteiger partial charge in [0, 0.05) is 18.9 Å². The number of ether oxygens (including phenoxy) is 2. The highest BCUT2D eigenvalue weighted by Crippen LogP contribution is 2.16.